The normalized spacial score (nSPS) is 12.1. The summed E-state index contributed by atoms with van der Waals surface area (Å²) in [7, 11) is 1.45. The molecule has 3 heterocycles. The Morgan fingerprint density at radius 2 is 1.94 bits per heavy atom. The monoisotopic (exact) mass is 482 g/mol. The summed E-state index contributed by atoms with van der Waals surface area (Å²) in [6.07, 6.45) is 3.57. The predicted molar refractivity (Wildman–Crippen MR) is 138 cm³/mol. The number of rotatable bonds is 7. The first-order valence-electron chi connectivity index (χ1n) is 11.6. The maximum Gasteiger partial charge on any atom is 0.253 e. The number of hydrogen-bond acceptors (Lipinski definition) is 5. The third-order valence-electron chi connectivity index (χ3n) is 6.01. The van der Waals surface area contributed by atoms with Gasteiger partial charge in [0.25, 0.3) is 11.8 Å². The largest absolute Gasteiger partial charge is 0.375 e. The molecular weight excluding hydrogens is 456 g/mol. The van der Waals surface area contributed by atoms with E-state index in [0.29, 0.717) is 11.2 Å². The van der Waals surface area contributed by atoms with E-state index < -0.39 is 0 Å². The summed E-state index contributed by atoms with van der Waals surface area (Å²) in [6.45, 7) is 3.94. The lowest BCUT2D eigenvalue weighted by atomic mass is 10.0. The molecule has 5 aromatic rings. The molecule has 3 aromatic heterocycles. The molecule has 0 radical (unpaired) electrons. The summed E-state index contributed by atoms with van der Waals surface area (Å²) in [5.74, 6) is -0.262. The van der Waals surface area contributed by atoms with E-state index in [1.807, 2.05) is 68.6 Å². The molecule has 2 aromatic carbocycles. The summed E-state index contributed by atoms with van der Waals surface area (Å²) in [4.78, 5) is 32.4. The third-order valence-corrected chi connectivity index (χ3v) is 6.01. The third kappa shape index (κ3) is 4.69. The van der Waals surface area contributed by atoms with Gasteiger partial charge in [0.15, 0.2) is 5.65 Å². The molecule has 9 heteroatoms. The first kappa shape index (κ1) is 23.3. The van der Waals surface area contributed by atoms with Gasteiger partial charge < -0.3 is 15.0 Å². The minimum absolute atomic E-state index is 0.0723. The Kier molecular flexibility index (Phi) is 6.22. The van der Waals surface area contributed by atoms with Gasteiger partial charge >= 0.3 is 0 Å². The highest BCUT2D eigenvalue weighted by Crippen LogP contribution is 2.27. The number of pyridine rings is 1. The van der Waals surface area contributed by atoms with Crippen LogP contribution in [0.1, 0.15) is 34.5 Å². The highest BCUT2D eigenvalue weighted by molar-refractivity contribution is 6.07. The van der Waals surface area contributed by atoms with E-state index in [2.05, 4.69) is 31.8 Å². The van der Waals surface area contributed by atoms with Gasteiger partial charge in [-0.3, -0.25) is 14.9 Å². The van der Waals surface area contributed by atoms with Gasteiger partial charge in [-0.15, -0.1) is 5.10 Å². The lowest BCUT2D eigenvalue weighted by molar-refractivity contribution is -0.119. The van der Waals surface area contributed by atoms with Crippen LogP contribution in [-0.4, -0.2) is 45.1 Å². The molecule has 0 aliphatic rings. The van der Waals surface area contributed by atoms with Crippen LogP contribution in [0.5, 0.6) is 0 Å². The number of methoxy groups -OCH3 is 1. The van der Waals surface area contributed by atoms with Crippen LogP contribution in [0.25, 0.3) is 27.7 Å². The predicted octanol–water partition coefficient (Wildman–Crippen LogP) is 4.26. The fourth-order valence-electron chi connectivity index (χ4n) is 4.18. The van der Waals surface area contributed by atoms with Crippen molar-refractivity contribution >= 4 is 34.3 Å². The lowest BCUT2D eigenvalue weighted by Crippen LogP contribution is -2.26. The van der Waals surface area contributed by atoms with Crippen molar-refractivity contribution in [3.63, 3.8) is 0 Å². The molecule has 36 heavy (non-hydrogen) atoms. The van der Waals surface area contributed by atoms with Crippen molar-refractivity contribution in [1.82, 2.24) is 24.9 Å². The second-order valence-corrected chi connectivity index (χ2v) is 8.71. The highest BCUT2D eigenvalue weighted by atomic mass is 16.5. The molecule has 9 nitrogen and oxygen atoms in total. The van der Waals surface area contributed by atoms with Crippen molar-refractivity contribution < 1.29 is 14.3 Å². The van der Waals surface area contributed by atoms with Crippen LogP contribution in [0.15, 0.2) is 67.0 Å². The van der Waals surface area contributed by atoms with Crippen LogP contribution >= 0.6 is 0 Å². The van der Waals surface area contributed by atoms with Crippen LogP contribution in [0.3, 0.4) is 0 Å². The van der Waals surface area contributed by atoms with Crippen LogP contribution in [0.2, 0.25) is 0 Å². The number of aromatic amines is 1. The SMILES string of the molecule is COCC(=O)Nc1nc2ccc(-c3ccc4[nH]cc(C(=O)N[C@@H](C)c5cccc(C)c5)c4c3)cn2n1. The van der Waals surface area contributed by atoms with Crippen molar-refractivity contribution in [1.29, 1.82) is 0 Å². The number of benzene rings is 2. The summed E-state index contributed by atoms with van der Waals surface area (Å²) in [5.41, 5.74) is 6.07. The van der Waals surface area contributed by atoms with Crippen molar-refractivity contribution in [2.24, 2.45) is 0 Å². The molecule has 0 unspecified atom stereocenters. The summed E-state index contributed by atoms with van der Waals surface area (Å²) >= 11 is 0. The maximum absolute atomic E-state index is 13.2. The summed E-state index contributed by atoms with van der Waals surface area (Å²) in [5, 5.41) is 10.9. The topological polar surface area (TPSA) is 113 Å². The minimum Gasteiger partial charge on any atom is -0.375 e. The van der Waals surface area contributed by atoms with Crippen LogP contribution in [-0.2, 0) is 9.53 Å². The standard InChI is InChI=1S/C27H26N6O3/c1-16-5-4-6-18(11-16)17(2)29-26(35)22-13-28-23-9-7-19(12-21(22)23)20-8-10-24-30-27(32-33(24)14-20)31-25(34)15-36-3/h4-14,17,28H,15H2,1-3H3,(H,29,35)(H,31,32,34)/t17-/m0/s1. The quantitative estimate of drug-likeness (QED) is 0.321. The van der Waals surface area contributed by atoms with Gasteiger partial charge in [0.2, 0.25) is 5.95 Å². The molecule has 0 bridgehead atoms. The number of ether oxygens (including phenoxy) is 1. The summed E-state index contributed by atoms with van der Waals surface area (Å²) < 4.78 is 6.43. The zero-order chi connectivity index (χ0) is 25.2. The Bertz CT molecular complexity index is 1590. The Morgan fingerprint density at radius 3 is 2.75 bits per heavy atom. The van der Waals surface area contributed by atoms with E-state index in [0.717, 1.165) is 33.2 Å². The van der Waals surface area contributed by atoms with Gasteiger partial charge in [-0.1, -0.05) is 35.9 Å². The molecule has 5 rings (SSSR count). The molecule has 3 N–H and O–H groups in total. The van der Waals surface area contributed by atoms with Gasteiger partial charge in [-0.05, 0) is 49.2 Å². The number of carbonyl (C=O) groups excluding carboxylic acids is 2. The molecule has 2 amide bonds. The van der Waals surface area contributed by atoms with Crippen molar-refractivity contribution in [3.05, 3.63) is 83.7 Å². The number of H-pyrrole nitrogens is 1. The van der Waals surface area contributed by atoms with Gasteiger partial charge in [-0.25, -0.2) is 4.52 Å². The number of anilines is 1. The second kappa shape index (κ2) is 9.63. The average Bonchev–Trinajstić information content (AvgIpc) is 3.46. The van der Waals surface area contributed by atoms with E-state index in [-0.39, 0.29) is 30.4 Å². The number of aromatic nitrogens is 4. The zero-order valence-electron chi connectivity index (χ0n) is 20.2. The smallest absolute Gasteiger partial charge is 0.253 e. The van der Waals surface area contributed by atoms with Crippen LogP contribution < -0.4 is 10.6 Å². The van der Waals surface area contributed by atoms with E-state index >= 15 is 0 Å². The van der Waals surface area contributed by atoms with Gasteiger partial charge in [0.1, 0.15) is 6.61 Å². The molecule has 182 valence electrons. The minimum atomic E-state index is -0.325. The maximum atomic E-state index is 13.2. The highest BCUT2D eigenvalue weighted by Gasteiger charge is 2.16. The Balaban J connectivity index is 1.41. The van der Waals surface area contributed by atoms with E-state index in [4.69, 9.17) is 4.74 Å². The van der Waals surface area contributed by atoms with E-state index in [1.165, 1.54) is 7.11 Å². The number of carbonyl (C=O) groups is 2. The van der Waals surface area contributed by atoms with Crippen LogP contribution in [0, 0.1) is 6.92 Å². The fourth-order valence-corrected chi connectivity index (χ4v) is 4.18. The van der Waals surface area contributed by atoms with Crippen LogP contribution in [0.4, 0.5) is 5.95 Å². The van der Waals surface area contributed by atoms with E-state index in [9.17, 15) is 9.59 Å². The lowest BCUT2D eigenvalue weighted by Gasteiger charge is -2.14. The molecule has 1 atom stereocenters. The fraction of sp³-hybridized carbons (Fsp3) is 0.185. The van der Waals surface area contributed by atoms with Gasteiger partial charge in [0.05, 0.1) is 11.6 Å². The van der Waals surface area contributed by atoms with Crippen molar-refractivity contribution in [2.75, 3.05) is 19.0 Å². The molecule has 0 spiro atoms. The number of fused-ring (bicyclic) bond motifs is 2. The molecule has 0 fully saturated rings. The molecule has 0 aliphatic carbocycles. The van der Waals surface area contributed by atoms with Gasteiger partial charge in [-0.2, -0.15) is 4.98 Å². The Hall–Kier alpha value is -4.50. The Labute approximate surface area is 207 Å². The number of aryl methyl sites for hydroxylation is 1. The number of amides is 2. The first-order chi connectivity index (χ1) is 17.4. The van der Waals surface area contributed by atoms with Gasteiger partial charge in [0, 0.05) is 36.0 Å². The van der Waals surface area contributed by atoms with Crippen molar-refractivity contribution in [2.45, 2.75) is 19.9 Å². The number of nitrogens with zero attached hydrogens (tertiary/aromatic N) is 3. The van der Waals surface area contributed by atoms with E-state index in [1.54, 1.807) is 10.7 Å². The first-order valence-corrected chi connectivity index (χ1v) is 11.6. The molecule has 0 saturated carbocycles. The molecule has 0 saturated heterocycles. The number of hydrogen-bond donors (Lipinski definition) is 3. The second-order valence-electron chi connectivity index (χ2n) is 8.71. The molecule has 0 aliphatic heterocycles. The summed E-state index contributed by atoms with van der Waals surface area (Å²) in [6, 6.07) is 17.7. The zero-order valence-corrected chi connectivity index (χ0v) is 20.2. The average molecular weight is 483 g/mol. The molecular formula is C27H26N6O3. The van der Waals surface area contributed by atoms with Crippen molar-refractivity contribution in [3.8, 4) is 11.1 Å². The number of nitrogens with one attached hydrogen (secondary N) is 3. The Morgan fingerprint density at radius 1 is 1.11 bits per heavy atom.